The average molecular weight is 433 g/mol. The number of nitrogens with zero attached hydrogens (tertiary/aromatic N) is 2. The lowest BCUT2D eigenvalue weighted by atomic mass is 9.69. The molecule has 2 aliphatic heterocycles. The minimum atomic E-state index is -1.11. The Bertz CT molecular complexity index is 1070. The minimum Gasteiger partial charge on any atom is -0.482 e. The molecule has 3 atom stereocenters. The SMILES string of the molecule is O=C1c2ccccc2O[C@H](c2ccccc2)[C@@]12N=NC[C@@H]2c1ccc(Br)cc1. The van der Waals surface area contributed by atoms with Crippen molar-refractivity contribution in [2.24, 2.45) is 10.2 Å². The van der Waals surface area contributed by atoms with Gasteiger partial charge in [0.05, 0.1) is 12.1 Å². The highest BCUT2D eigenvalue weighted by atomic mass is 79.9. The van der Waals surface area contributed by atoms with Gasteiger partial charge in [-0.2, -0.15) is 10.2 Å². The van der Waals surface area contributed by atoms with Gasteiger partial charge in [-0.15, -0.1) is 0 Å². The number of carbonyl (C=O) groups is 1. The third kappa shape index (κ3) is 2.53. The van der Waals surface area contributed by atoms with Crippen molar-refractivity contribution in [1.29, 1.82) is 0 Å². The molecule has 0 N–H and O–H groups in total. The Morgan fingerprint density at radius 2 is 1.61 bits per heavy atom. The van der Waals surface area contributed by atoms with Gasteiger partial charge >= 0.3 is 0 Å². The van der Waals surface area contributed by atoms with Crippen LogP contribution in [0.3, 0.4) is 0 Å². The Morgan fingerprint density at radius 3 is 2.39 bits per heavy atom. The molecular weight excluding hydrogens is 416 g/mol. The molecule has 0 aliphatic carbocycles. The van der Waals surface area contributed by atoms with E-state index in [2.05, 4.69) is 26.2 Å². The van der Waals surface area contributed by atoms with Crippen LogP contribution in [-0.4, -0.2) is 17.9 Å². The number of hydrogen-bond donors (Lipinski definition) is 0. The van der Waals surface area contributed by atoms with E-state index < -0.39 is 11.6 Å². The summed E-state index contributed by atoms with van der Waals surface area (Å²) in [6, 6.07) is 25.3. The van der Waals surface area contributed by atoms with E-state index in [4.69, 9.17) is 4.74 Å². The Hall–Kier alpha value is -2.79. The maximum atomic E-state index is 13.8. The van der Waals surface area contributed by atoms with Crippen LogP contribution in [0, 0.1) is 0 Å². The van der Waals surface area contributed by atoms with Gasteiger partial charge < -0.3 is 4.74 Å². The number of ether oxygens (including phenoxy) is 1. The highest BCUT2D eigenvalue weighted by molar-refractivity contribution is 9.10. The molecule has 0 fully saturated rings. The number of ketones is 1. The van der Waals surface area contributed by atoms with E-state index in [1.54, 1.807) is 0 Å². The first kappa shape index (κ1) is 17.3. The fraction of sp³-hybridized carbons (Fsp3) is 0.174. The largest absolute Gasteiger partial charge is 0.482 e. The van der Waals surface area contributed by atoms with E-state index in [-0.39, 0.29) is 11.7 Å². The van der Waals surface area contributed by atoms with Gasteiger partial charge in [0.1, 0.15) is 5.75 Å². The predicted molar refractivity (Wildman–Crippen MR) is 110 cm³/mol. The highest BCUT2D eigenvalue weighted by Crippen LogP contribution is 2.52. The summed E-state index contributed by atoms with van der Waals surface area (Å²) in [6.07, 6.45) is -0.531. The second kappa shape index (κ2) is 6.67. The topological polar surface area (TPSA) is 51.0 Å². The zero-order chi connectivity index (χ0) is 19.1. The third-order valence-corrected chi connectivity index (χ3v) is 6.07. The molecule has 3 aromatic carbocycles. The zero-order valence-electron chi connectivity index (χ0n) is 15.0. The normalized spacial score (nSPS) is 25.5. The molecule has 3 aromatic rings. The molecule has 0 radical (unpaired) electrons. The van der Waals surface area contributed by atoms with Gasteiger partial charge in [0.15, 0.2) is 11.6 Å². The van der Waals surface area contributed by atoms with E-state index in [0.29, 0.717) is 17.9 Å². The molecule has 28 heavy (non-hydrogen) atoms. The van der Waals surface area contributed by atoms with Crippen LogP contribution in [0.15, 0.2) is 93.6 Å². The predicted octanol–water partition coefficient (Wildman–Crippen LogP) is 5.75. The maximum absolute atomic E-state index is 13.8. The molecule has 0 unspecified atom stereocenters. The fourth-order valence-corrected chi connectivity index (χ4v) is 4.46. The summed E-state index contributed by atoms with van der Waals surface area (Å²) in [4.78, 5) is 13.8. The van der Waals surface area contributed by atoms with Crippen LogP contribution in [0.2, 0.25) is 0 Å². The maximum Gasteiger partial charge on any atom is 0.200 e. The molecule has 0 amide bonds. The molecule has 5 heteroatoms. The van der Waals surface area contributed by atoms with Gasteiger partial charge in [0.25, 0.3) is 0 Å². The minimum absolute atomic E-state index is 0.0302. The number of hydrogen-bond acceptors (Lipinski definition) is 4. The summed E-state index contributed by atoms with van der Waals surface area (Å²) in [7, 11) is 0. The van der Waals surface area contributed by atoms with Crippen LogP contribution >= 0.6 is 15.9 Å². The van der Waals surface area contributed by atoms with Crippen molar-refractivity contribution in [3.63, 3.8) is 0 Å². The summed E-state index contributed by atoms with van der Waals surface area (Å²) in [5, 5.41) is 8.94. The van der Waals surface area contributed by atoms with Crippen LogP contribution in [-0.2, 0) is 0 Å². The van der Waals surface area contributed by atoms with Gasteiger partial charge in [0, 0.05) is 10.4 Å². The first-order valence-corrected chi connectivity index (χ1v) is 9.99. The summed E-state index contributed by atoms with van der Waals surface area (Å²) in [6.45, 7) is 0.461. The summed E-state index contributed by atoms with van der Waals surface area (Å²) in [5.74, 6) is 0.382. The Labute approximate surface area is 171 Å². The molecule has 138 valence electrons. The van der Waals surface area contributed by atoms with Crippen molar-refractivity contribution in [1.82, 2.24) is 0 Å². The molecule has 2 aliphatic rings. The van der Waals surface area contributed by atoms with Gasteiger partial charge in [-0.25, -0.2) is 0 Å². The zero-order valence-corrected chi connectivity index (χ0v) is 16.5. The molecule has 0 saturated carbocycles. The number of azo groups is 1. The lowest BCUT2D eigenvalue weighted by Gasteiger charge is -2.41. The van der Waals surface area contributed by atoms with Crippen LogP contribution in [0.4, 0.5) is 0 Å². The quantitative estimate of drug-likeness (QED) is 0.517. The molecule has 5 rings (SSSR count). The summed E-state index contributed by atoms with van der Waals surface area (Å²) < 4.78 is 7.41. The van der Waals surface area contributed by atoms with Gasteiger partial charge in [-0.1, -0.05) is 70.5 Å². The lowest BCUT2D eigenvalue weighted by Crippen LogP contribution is -2.51. The number of Topliss-reactive ketones (excluding diaryl/α,β-unsaturated/α-hetero) is 1. The van der Waals surface area contributed by atoms with Crippen LogP contribution in [0.5, 0.6) is 5.75 Å². The number of rotatable bonds is 2. The molecule has 0 bridgehead atoms. The van der Waals surface area contributed by atoms with Crippen molar-refractivity contribution in [2.75, 3.05) is 6.54 Å². The van der Waals surface area contributed by atoms with Crippen molar-refractivity contribution >= 4 is 21.7 Å². The van der Waals surface area contributed by atoms with Crippen LogP contribution in [0.25, 0.3) is 0 Å². The van der Waals surface area contributed by atoms with Gasteiger partial charge in [0.2, 0.25) is 5.78 Å². The Morgan fingerprint density at radius 1 is 0.893 bits per heavy atom. The number of carbonyl (C=O) groups excluding carboxylic acids is 1. The summed E-state index contributed by atoms with van der Waals surface area (Å²) in [5.41, 5.74) is 1.42. The first-order chi connectivity index (χ1) is 13.7. The molecule has 2 heterocycles. The van der Waals surface area contributed by atoms with Crippen molar-refractivity contribution in [2.45, 2.75) is 17.6 Å². The molecule has 1 spiro atoms. The smallest absolute Gasteiger partial charge is 0.200 e. The number of halogens is 1. The fourth-order valence-electron chi connectivity index (χ4n) is 4.20. The standard InChI is InChI=1S/C23H17BrN2O2/c24-17-12-10-15(11-13-17)19-14-25-26-23(19)21(27)18-8-4-5-9-20(18)28-22(23)16-6-2-1-3-7-16/h1-13,19,22H,14H2/t19-,22-,23+/m1/s1. The molecule has 0 aromatic heterocycles. The first-order valence-electron chi connectivity index (χ1n) is 9.20. The van der Waals surface area contributed by atoms with Gasteiger partial charge in [-0.3, -0.25) is 4.79 Å². The number of para-hydroxylation sites is 1. The van der Waals surface area contributed by atoms with Crippen molar-refractivity contribution in [3.8, 4) is 5.75 Å². The third-order valence-electron chi connectivity index (χ3n) is 5.55. The van der Waals surface area contributed by atoms with Crippen molar-refractivity contribution < 1.29 is 9.53 Å². The summed E-state index contributed by atoms with van der Waals surface area (Å²) >= 11 is 3.48. The molecular formula is C23H17BrN2O2. The van der Waals surface area contributed by atoms with E-state index in [1.165, 1.54) is 0 Å². The van der Waals surface area contributed by atoms with Gasteiger partial charge in [-0.05, 0) is 35.4 Å². The van der Waals surface area contributed by atoms with E-state index in [0.717, 1.165) is 15.6 Å². The Kier molecular flexibility index (Phi) is 4.13. The molecule has 4 nitrogen and oxygen atoms in total. The monoisotopic (exact) mass is 432 g/mol. The van der Waals surface area contributed by atoms with Crippen molar-refractivity contribution in [3.05, 3.63) is 100 Å². The number of benzene rings is 3. The highest BCUT2D eigenvalue weighted by Gasteiger charge is 2.60. The number of fused-ring (bicyclic) bond motifs is 1. The second-order valence-electron chi connectivity index (χ2n) is 7.09. The van der Waals surface area contributed by atoms with E-state index >= 15 is 0 Å². The van der Waals surface area contributed by atoms with Crippen LogP contribution < -0.4 is 4.74 Å². The van der Waals surface area contributed by atoms with E-state index in [9.17, 15) is 4.79 Å². The average Bonchev–Trinajstić information content (AvgIpc) is 3.17. The molecule has 0 saturated heterocycles. The van der Waals surface area contributed by atoms with Crippen LogP contribution in [0.1, 0.15) is 33.5 Å². The van der Waals surface area contributed by atoms with E-state index in [1.807, 2.05) is 78.9 Å². The lowest BCUT2D eigenvalue weighted by molar-refractivity contribution is 0.0521. The Balaban J connectivity index is 1.72. The second-order valence-corrected chi connectivity index (χ2v) is 8.00.